The number of nitrogens with zero attached hydrogens (tertiary/aromatic N) is 1. The van der Waals surface area contributed by atoms with E-state index in [0.717, 1.165) is 0 Å². The van der Waals surface area contributed by atoms with Crippen molar-refractivity contribution in [1.82, 2.24) is 4.98 Å². The van der Waals surface area contributed by atoms with Crippen LogP contribution in [0.1, 0.15) is 20.7 Å². The zero-order valence-corrected chi connectivity index (χ0v) is 12.0. The molecule has 1 aromatic carbocycles. The Bertz CT molecular complexity index is 701. The highest BCUT2D eigenvalue weighted by Gasteiger charge is 2.18. The van der Waals surface area contributed by atoms with Crippen LogP contribution < -0.4 is 14.8 Å². The minimum absolute atomic E-state index is 0.102. The van der Waals surface area contributed by atoms with E-state index in [1.807, 2.05) is 0 Å². The largest absolute Gasteiger partial charge is 0.493 e. The van der Waals surface area contributed by atoms with E-state index >= 15 is 0 Å². The van der Waals surface area contributed by atoms with Gasteiger partial charge >= 0.3 is 5.97 Å². The van der Waals surface area contributed by atoms with Gasteiger partial charge in [0.1, 0.15) is 0 Å². The number of aromatic nitrogens is 1. The van der Waals surface area contributed by atoms with Crippen LogP contribution in [0, 0.1) is 0 Å². The van der Waals surface area contributed by atoms with E-state index in [1.165, 1.54) is 38.7 Å². The number of hydrogen-bond donors (Lipinski definition) is 2. The van der Waals surface area contributed by atoms with E-state index in [0.29, 0.717) is 11.3 Å². The number of methoxy groups -OCH3 is 2. The minimum Gasteiger partial charge on any atom is -0.493 e. The Morgan fingerprint density at radius 2 is 1.86 bits per heavy atom. The Kier molecular flexibility index (Phi) is 4.57. The third kappa shape index (κ3) is 3.14. The molecule has 1 amide bonds. The number of ether oxygens (including phenoxy) is 2. The molecular weight excluding hydrogens is 288 g/mol. The lowest BCUT2D eigenvalue weighted by atomic mass is 10.1. The van der Waals surface area contributed by atoms with Crippen LogP contribution in [0.4, 0.5) is 5.69 Å². The smallest absolute Gasteiger partial charge is 0.337 e. The minimum atomic E-state index is -1.19. The summed E-state index contributed by atoms with van der Waals surface area (Å²) in [5.41, 5.74) is 0.322. The zero-order chi connectivity index (χ0) is 16.1. The summed E-state index contributed by atoms with van der Waals surface area (Å²) in [5, 5.41) is 11.8. The number of carbonyl (C=O) groups excluding carboxylic acids is 1. The highest BCUT2D eigenvalue weighted by Crippen LogP contribution is 2.33. The maximum atomic E-state index is 12.1. The first-order chi connectivity index (χ1) is 10.6. The van der Waals surface area contributed by atoms with Crippen molar-refractivity contribution in [2.45, 2.75) is 0 Å². The molecule has 1 aromatic heterocycles. The molecule has 22 heavy (non-hydrogen) atoms. The molecule has 0 atom stereocenters. The number of anilines is 1. The third-order valence-corrected chi connectivity index (χ3v) is 2.93. The number of rotatable bonds is 5. The summed E-state index contributed by atoms with van der Waals surface area (Å²) in [7, 11) is 2.82. The van der Waals surface area contributed by atoms with E-state index in [4.69, 9.17) is 9.47 Å². The normalized spacial score (nSPS) is 9.91. The topological polar surface area (TPSA) is 97.8 Å². The summed E-state index contributed by atoms with van der Waals surface area (Å²) in [5.74, 6) is -1.08. The van der Waals surface area contributed by atoms with Crippen molar-refractivity contribution in [2.75, 3.05) is 19.5 Å². The SMILES string of the molecule is COc1cc(NC(=O)c2cccnc2)c(C(=O)O)cc1OC. The van der Waals surface area contributed by atoms with Gasteiger partial charge in [-0.1, -0.05) is 0 Å². The van der Waals surface area contributed by atoms with E-state index in [1.54, 1.807) is 12.1 Å². The molecule has 0 bridgehead atoms. The monoisotopic (exact) mass is 302 g/mol. The van der Waals surface area contributed by atoms with Gasteiger partial charge in [-0.3, -0.25) is 9.78 Å². The molecule has 2 aromatic rings. The molecule has 0 fully saturated rings. The number of nitrogens with one attached hydrogen (secondary N) is 1. The van der Waals surface area contributed by atoms with Crippen molar-refractivity contribution in [2.24, 2.45) is 0 Å². The second kappa shape index (κ2) is 6.57. The lowest BCUT2D eigenvalue weighted by Gasteiger charge is -2.13. The predicted octanol–water partition coefficient (Wildman–Crippen LogP) is 2.05. The van der Waals surface area contributed by atoms with E-state index in [9.17, 15) is 14.7 Å². The van der Waals surface area contributed by atoms with Crippen LogP contribution in [-0.4, -0.2) is 36.2 Å². The number of aromatic carboxylic acids is 1. The Balaban J connectivity index is 2.41. The number of carbonyl (C=O) groups is 2. The molecule has 0 aliphatic rings. The van der Waals surface area contributed by atoms with Crippen molar-refractivity contribution < 1.29 is 24.2 Å². The first-order valence-electron chi connectivity index (χ1n) is 6.27. The standard InChI is InChI=1S/C15H14N2O5/c1-21-12-6-10(15(19)20)11(7-13(12)22-2)17-14(18)9-4-3-5-16-8-9/h3-8H,1-2H3,(H,17,18)(H,19,20). The second-order valence-electron chi connectivity index (χ2n) is 4.25. The van der Waals surface area contributed by atoms with Crippen molar-refractivity contribution in [1.29, 1.82) is 0 Å². The molecule has 0 saturated heterocycles. The molecule has 7 heteroatoms. The zero-order valence-electron chi connectivity index (χ0n) is 12.0. The quantitative estimate of drug-likeness (QED) is 0.877. The molecule has 0 saturated carbocycles. The average Bonchev–Trinajstić information content (AvgIpc) is 2.54. The second-order valence-corrected chi connectivity index (χ2v) is 4.25. The molecule has 114 valence electrons. The van der Waals surface area contributed by atoms with Crippen molar-refractivity contribution in [3.05, 3.63) is 47.8 Å². The van der Waals surface area contributed by atoms with E-state index in [-0.39, 0.29) is 17.0 Å². The van der Waals surface area contributed by atoms with Crippen molar-refractivity contribution >= 4 is 17.6 Å². The number of benzene rings is 1. The van der Waals surface area contributed by atoms with E-state index in [2.05, 4.69) is 10.3 Å². The van der Waals surface area contributed by atoms with Crippen LogP contribution in [0.3, 0.4) is 0 Å². The molecule has 2 N–H and O–H groups in total. The maximum Gasteiger partial charge on any atom is 0.337 e. The highest BCUT2D eigenvalue weighted by molar-refractivity contribution is 6.08. The number of amides is 1. The average molecular weight is 302 g/mol. The van der Waals surface area contributed by atoms with Crippen LogP contribution in [-0.2, 0) is 0 Å². The molecule has 0 aliphatic heterocycles. The molecule has 0 unspecified atom stereocenters. The summed E-state index contributed by atoms with van der Waals surface area (Å²) in [4.78, 5) is 27.3. The number of hydrogen-bond acceptors (Lipinski definition) is 5. The number of carboxylic acids is 1. The Morgan fingerprint density at radius 1 is 1.18 bits per heavy atom. The Labute approximate surface area is 126 Å². The Morgan fingerprint density at radius 3 is 2.41 bits per heavy atom. The van der Waals surface area contributed by atoms with Gasteiger partial charge in [0.15, 0.2) is 11.5 Å². The Hall–Kier alpha value is -3.09. The highest BCUT2D eigenvalue weighted by atomic mass is 16.5. The summed E-state index contributed by atoms with van der Waals surface area (Å²) in [6, 6.07) is 5.88. The lowest BCUT2D eigenvalue weighted by molar-refractivity contribution is 0.0697. The van der Waals surface area contributed by atoms with Crippen LogP contribution >= 0.6 is 0 Å². The van der Waals surface area contributed by atoms with Crippen molar-refractivity contribution in [3.63, 3.8) is 0 Å². The molecule has 0 spiro atoms. The fourth-order valence-electron chi connectivity index (χ4n) is 1.85. The summed E-state index contributed by atoms with van der Waals surface area (Å²) in [6.45, 7) is 0. The van der Waals surface area contributed by atoms with Gasteiger partial charge in [0.2, 0.25) is 0 Å². The van der Waals surface area contributed by atoms with Crippen LogP contribution in [0.25, 0.3) is 0 Å². The molecule has 1 heterocycles. The number of pyridine rings is 1. The lowest BCUT2D eigenvalue weighted by Crippen LogP contribution is -2.15. The van der Waals surface area contributed by atoms with Crippen LogP contribution in [0.15, 0.2) is 36.7 Å². The first kappa shape index (κ1) is 15.3. The molecule has 7 nitrogen and oxygen atoms in total. The maximum absolute atomic E-state index is 12.1. The summed E-state index contributed by atoms with van der Waals surface area (Å²) >= 11 is 0. The molecular formula is C15H14N2O5. The first-order valence-corrected chi connectivity index (χ1v) is 6.27. The van der Waals surface area contributed by atoms with Gasteiger partial charge in [0.05, 0.1) is 31.0 Å². The molecule has 2 rings (SSSR count). The van der Waals surface area contributed by atoms with Crippen LogP contribution in [0.5, 0.6) is 11.5 Å². The summed E-state index contributed by atoms with van der Waals surface area (Å²) < 4.78 is 10.2. The van der Waals surface area contributed by atoms with Gasteiger partial charge in [-0.2, -0.15) is 0 Å². The van der Waals surface area contributed by atoms with Gasteiger partial charge in [0, 0.05) is 24.5 Å². The van der Waals surface area contributed by atoms with Crippen LogP contribution in [0.2, 0.25) is 0 Å². The fraction of sp³-hybridized carbons (Fsp3) is 0.133. The van der Waals surface area contributed by atoms with Gasteiger partial charge in [-0.05, 0) is 12.1 Å². The van der Waals surface area contributed by atoms with Crippen molar-refractivity contribution in [3.8, 4) is 11.5 Å². The van der Waals surface area contributed by atoms with Gasteiger partial charge < -0.3 is 19.9 Å². The number of carboxylic acid groups (broad SMARTS) is 1. The molecule has 0 aliphatic carbocycles. The van der Waals surface area contributed by atoms with E-state index < -0.39 is 11.9 Å². The summed E-state index contributed by atoms with van der Waals surface area (Å²) in [6.07, 6.45) is 2.92. The van der Waals surface area contributed by atoms with Gasteiger partial charge in [-0.15, -0.1) is 0 Å². The van der Waals surface area contributed by atoms with Gasteiger partial charge in [0.25, 0.3) is 5.91 Å². The third-order valence-electron chi connectivity index (χ3n) is 2.93. The van der Waals surface area contributed by atoms with Gasteiger partial charge in [-0.25, -0.2) is 4.79 Å². The fourth-order valence-corrected chi connectivity index (χ4v) is 1.85. The molecule has 0 radical (unpaired) electrons. The predicted molar refractivity (Wildman–Crippen MR) is 78.7 cm³/mol.